The molecule has 0 bridgehead atoms. The maximum atomic E-state index is 12.1. The first-order chi connectivity index (χ1) is 16.5. The Hall–Kier alpha value is -1.63. The van der Waals surface area contributed by atoms with Crippen LogP contribution in [0.5, 0.6) is 0 Å². The van der Waals surface area contributed by atoms with Crippen molar-refractivity contribution >= 4 is 17.9 Å². The van der Waals surface area contributed by atoms with Crippen LogP contribution in [0.2, 0.25) is 0 Å². The van der Waals surface area contributed by atoms with Gasteiger partial charge in [0.05, 0.1) is 26.1 Å². The minimum absolute atomic E-state index is 0.133. The molecule has 0 aromatic heterocycles. The Morgan fingerprint density at radius 1 is 0.559 bits per heavy atom. The standard InChI is InChI=1S/C27H51NO6/c1-3-5-7-9-11-15-23-33-26(31)18-21-28(20-14-13-17-25(29)30)22-19-27(32)34-24-16-12-10-8-6-4-2/h3-24H2,1-2H3,(H,29,30). The molecule has 0 atom stereocenters. The first-order valence-electron chi connectivity index (χ1n) is 13.7. The van der Waals surface area contributed by atoms with E-state index < -0.39 is 5.97 Å². The predicted octanol–water partition coefficient (Wildman–Crippen LogP) is 6.13. The highest BCUT2D eigenvalue weighted by atomic mass is 16.5. The normalized spacial score (nSPS) is 11.0. The van der Waals surface area contributed by atoms with E-state index >= 15 is 0 Å². The SMILES string of the molecule is CCCCCCCCOC(=O)CCN(CCCCC(=O)O)CCC(=O)OCCCCCCCC. The molecule has 0 aromatic rings. The molecule has 0 aliphatic carbocycles. The molecule has 0 rings (SSSR count). The topological polar surface area (TPSA) is 93.1 Å². The Morgan fingerprint density at radius 2 is 1.00 bits per heavy atom. The van der Waals surface area contributed by atoms with Gasteiger partial charge in [0.15, 0.2) is 0 Å². The number of esters is 2. The molecule has 0 aliphatic rings. The molecule has 0 spiro atoms. The van der Waals surface area contributed by atoms with Gasteiger partial charge in [0.25, 0.3) is 0 Å². The number of carboxylic acid groups (broad SMARTS) is 1. The lowest BCUT2D eigenvalue weighted by molar-refractivity contribution is -0.144. The Labute approximate surface area is 207 Å². The van der Waals surface area contributed by atoms with Crippen LogP contribution in [0.25, 0.3) is 0 Å². The van der Waals surface area contributed by atoms with Gasteiger partial charge in [-0.05, 0) is 32.2 Å². The molecule has 0 heterocycles. The number of carboxylic acids is 1. The summed E-state index contributed by atoms with van der Waals surface area (Å²) in [7, 11) is 0. The molecule has 0 radical (unpaired) electrons. The third kappa shape index (κ3) is 23.5. The first-order valence-corrected chi connectivity index (χ1v) is 13.7. The van der Waals surface area contributed by atoms with Gasteiger partial charge in [-0.25, -0.2) is 0 Å². The smallest absolute Gasteiger partial charge is 0.307 e. The second kappa shape index (κ2) is 24.5. The molecule has 34 heavy (non-hydrogen) atoms. The van der Waals surface area contributed by atoms with Crippen LogP contribution in [0.15, 0.2) is 0 Å². The number of carbonyl (C=O) groups is 3. The van der Waals surface area contributed by atoms with Gasteiger partial charge in [-0.1, -0.05) is 78.1 Å². The van der Waals surface area contributed by atoms with Gasteiger partial charge in [0.1, 0.15) is 0 Å². The summed E-state index contributed by atoms with van der Waals surface area (Å²) in [6.07, 6.45) is 15.8. The van der Waals surface area contributed by atoms with Crippen LogP contribution in [0.3, 0.4) is 0 Å². The number of rotatable bonds is 25. The Kier molecular flexibility index (Phi) is 23.3. The summed E-state index contributed by atoms with van der Waals surface area (Å²) in [4.78, 5) is 37.0. The van der Waals surface area contributed by atoms with Crippen molar-refractivity contribution in [3.05, 3.63) is 0 Å². The molecular weight excluding hydrogens is 434 g/mol. The maximum Gasteiger partial charge on any atom is 0.307 e. The zero-order valence-electron chi connectivity index (χ0n) is 22.0. The Balaban J connectivity index is 4.13. The second-order valence-corrected chi connectivity index (χ2v) is 9.17. The summed E-state index contributed by atoms with van der Waals surface area (Å²) in [5, 5.41) is 8.82. The quantitative estimate of drug-likeness (QED) is 0.123. The van der Waals surface area contributed by atoms with Crippen LogP contribution in [0, 0.1) is 0 Å². The van der Waals surface area contributed by atoms with Gasteiger partial charge in [-0.15, -0.1) is 0 Å². The average Bonchev–Trinajstić information content (AvgIpc) is 2.81. The lowest BCUT2D eigenvalue weighted by Crippen LogP contribution is -2.30. The van der Waals surface area contributed by atoms with Crippen LogP contribution >= 0.6 is 0 Å². The molecule has 0 fully saturated rings. The minimum atomic E-state index is -0.803. The zero-order valence-corrected chi connectivity index (χ0v) is 22.0. The summed E-state index contributed by atoms with van der Waals surface area (Å²) >= 11 is 0. The van der Waals surface area contributed by atoms with Crippen molar-refractivity contribution in [3.8, 4) is 0 Å². The summed E-state index contributed by atoms with van der Waals surface area (Å²) < 4.78 is 10.7. The van der Waals surface area contributed by atoms with Gasteiger partial charge in [-0.3, -0.25) is 14.4 Å². The molecular formula is C27H51NO6. The lowest BCUT2D eigenvalue weighted by Gasteiger charge is -2.21. The van der Waals surface area contributed by atoms with Crippen molar-refractivity contribution in [2.45, 2.75) is 123 Å². The van der Waals surface area contributed by atoms with Gasteiger partial charge in [0, 0.05) is 19.5 Å². The molecule has 0 saturated carbocycles. The van der Waals surface area contributed by atoms with E-state index in [1.165, 1.54) is 51.4 Å². The van der Waals surface area contributed by atoms with E-state index in [9.17, 15) is 14.4 Å². The molecule has 0 aromatic carbocycles. The van der Waals surface area contributed by atoms with E-state index in [1.54, 1.807) is 0 Å². The largest absolute Gasteiger partial charge is 0.481 e. The predicted molar refractivity (Wildman–Crippen MR) is 136 cm³/mol. The van der Waals surface area contributed by atoms with Crippen LogP contribution in [0.1, 0.15) is 123 Å². The molecule has 7 heteroatoms. The van der Waals surface area contributed by atoms with Crippen molar-refractivity contribution in [3.63, 3.8) is 0 Å². The third-order valence-electron chi connectivity index (χ3n) is 5.90. The number of hydrogen-bond acceptors (Lipinski definition) is 6. The van der Waals surface area contributed by atoms with E-state index in [0.29, 0.717) is 45.7 Å². The lowest BCUT2D eigenvalue weighted by atomic mass is 10.1. The van der Waals surface area contributed by atoms with Crippen molar-refractivity contribution in [2.24, 2.45) is 0 Å². The molecule has 7 nitrogen and oxygen atoms in total. The van der Waals surface area contributed by atoms with Crippen LogP contribution < -0.4 is 0 Å². The Morgan fingerprint density at radius 3 is 1.44 bits per heavy atom. The highest BCUT2D eigenvalue weighted by Crippen LogP contribution is 2.08. The highest BCUT2D eigenvalue weighted by Gasteiger charge is 2.12. The molecule has 0 unspecified atom stereocenters. The molecule has 200 valence electrons. The first kappa shape index (κ1) is 32.4. The van der Waals surface area contributed by atoms with Crippen LogP contribution in [-0.2, 0) is 23.9 Å². The molecule has 0 saturated heterocycles. The van der Waals surface area contributed by atoms with E-state index in [-0.39, 0.29) is 31.2 Å². The van der Waals surface area contributed by atoms with E-state index in [1.807, 2.05) is 4.90 Å². The highest BCUT2D eigenvalue weighted by molar-refractivity contribution is 5.70. The number of nitrogens with zero attached hydrogens (tertiary/aromatic N) is 1. The fourth-order valence-corrected chi connectivity index (χ4v) is 3.73. The summed E-state index contributed by atoms with van der Waals surface area (Å²) in [5.41, 5.74) is 0. The summed E-state index contributed by atoms with van der Waals surface area (Å²) in [5.74, 6) is -1.23. The van der Waals surface area contributed by atoms with Gasteiger partial charge in [0.2, 0.25) is 0 Å². The van der Waals surface area contributed by atoms with Crippen molar-refractivity contribution < 1.29 is 29.0 Å². The van der Waals surface area contributed by atoms with E-state index in [0.717, 1.165) is 25.7 Å². The third-order valence-corrected chi connectivity index (χ3v) is 5.90. The fourth-order valence-electron chi connectivity index (χ4n) is 3.73. The van der Waals surface area contributed by atoms with Crippen molar-refractivity contribution in [1.29, 1.82) is 0 Å². The van der Waals surface area contributed by atoms with E-state index in [2.05, 4.69) is 13.8 Å². The maximum absolute atomic E-state index is 12.1. The van der Waals surface area contributed by atoms with Crippen molar-refractivity contribution in [1.82, 2.24) is 4.90 Å². The summed E-state index contributed by atoms with van der Waals surface area (Å²) in [6, 6.07) is 0. The fraction of sp³-hybridized carbons (Fsp3) is 0.889. The van der Waals surface area contributed by atoms with Crippen molar-refractivity contribution in [2.75, 3.05) is 32.8 Å². The molecule has 0 aliphatic heterocycles. The van der Waals surface area contributed by atoms with Gasteiger partial charge >= 0.3 is 17.9 Å². The monoisotopic (exact) mass is 485 g/mol. The second-order valence-electron chi connectivity index (χ2n) is 9.17. The summed E-state index contributed by atoms with van der Waals surface area (Å²) in [6.45, 7) is 6.98. The van der Waals surface area contributed by atoms with Gasteiger partial charge in [-0.2, -0.15) is 0 Å². The number of unbranched alkanes of at least 4 members (excludes halogenated alkanes) is 11. The van der Waals surface area contributed by atoms with Gasteiger partial charge < -0.3 is 19.5 Å². The molecule has 1 N–H and O–H groups in total. The Bertz CT molecular complexity index is 477. The zero-order chi connectivity index (χ0) is 25.3. The van der Waals surface area contributed by atoms with Crippen LogP contribution in [0.4, 0.5) is 0 Å². The number of hydrogen-bond donors (Lipinski definition) is 1. The van der Waals surface area contributed by atoms with Crippen LogP contribution in [-0.4, -0.2) is 60.8 Å². The number of ether oxygens (including phenoxy) is 2. The van der Waals surface area contributed by atoms with E-state index in [4.69, 9.17) is 14.6 Å². The average molecular weight is 486 g/mol. The minimum Gasteiger partial charge on any atom is -0.481 e. The number of aliphatic carboxylic acids is 1. The number of carbonyl (C=O) groups excluding carboxylic acids is 2. The molecule has 0 amide bonds.